The quantitative estimate of drug-likeness (QED) is 0.798. The first-order chi connectivity index (χ1) is 10.7. The monoisotopic (exact) mass is 319 g/mol. The van der Waals surface area contributed by atoms with Gasteiger partial charge in [-0.3, -0.25) is 0 Å². The summed E-state index contributed by atoms with van der Waals surface area (Å²) in [6, 6.07) is 6.28. The van der Waals surface area contributed by atoms with Crippen LogP contribution in [0.15, 0.2) is 18.2 Å². The molecule has 1 heterocycles. The Kier molecular flexibility index (Phi) is 4.79. The minimum absolute atomic E-state index is 0.0892. The molecule has 1 amide bonds. The van der Waals surface area contributed by atoms with Crippen molar-refractivity contribution in [1.82, 2.24) is 4.90 Å². The van der Waals surface area contributed by atoms with Gasteiger partial charge in [0.25, 0.3) is 0 Å². The van der Waals surface area contributed by atoms with Gasteiger partial charge in [0.1, 0.15) is 11.4 Å². The van der Waals surface area contributed by atoms with Crippen molar-refractivity contribution in [1.29, 1.82) is 5.26 Å². The number of nitrogens with zero attached hydrogens (tertiary/aromatic N) is 3. The van der Waals surface area contributed by atoms with E-state index in [1.807, 2.05) is 38.7 Å². The van der Waals surface area contributed by atoms with E-state index < -0.39 is 11.4 Å². The van der Waals surface area contributed by atoms with Crippen LogP contribution in [0.25, 0.3) is 0 Å². The Bertz CT molecular complexity index is 634. The second kappa shape index (κ2) is 6.45. The number of nitriles is 1. The van der Waals surface area contributed by atoms with Gasteiger partial charge in [-0.05, 0) is 45.9 Å². The van der Waals surface area contributed by atoms with E-state index in [1.165, 1.54) is 6.07 Å². The molecule has 0 N–H and O–H groups in total. The number of benzene rings is 1. The molecule has 1 aliphatic rings. The normalized spacial score (nSPS) is 18.5. The van der Waals surface area contributed by atoms with Crippen molar-refractivity contribution in [3.63, 3.8) is 0 Å². The van der Waals surface area contributed by atoms with E-state index in [2.05, 4.69) is 0 Å². The van der Waals surface area contributed by atoms with Crippen molar-refractivity contribution in [3.8, 4) is 6.07 Å². The van der Waals surface area contributed by atoms with E-state index in [0.717, 1.165) is 0 Å². The number of anilines is 1. The van der Waals surface area contributed by atoms with Crippen LogP contribution in [0, 0.1) is 17.1 Å². The van der Waals surface area contributed by atoms with Gasteiger partial charge in [-0.2, -0.15) is 5.26 Å². The number of piperazine rings is 1. The van der Waals surface area contributed by atoms with E-state index in [9.17, 15) is 9.18 Å². The SMILES string of the molecule is C[C@H]1CN(c2ccc(C#N)cc2F)CCN1C(=O)OC(C)(C)C. The molecule has 0 unspecified atom stereocenters. The third kappa shape index (κ3) is 4.13. The highest BCUT2D eigenvalue weighted by Crippen LogP contribution is 2.24. The lowest BCUT2D eigenvalue weighted by Gasteiger charge is -2.41. The fraction of sp³-hybridized carbons (Fsp3) is 0.529. The zero-order valence-corrected chi connectivity index (χ0v) is 14.0. The summed E-state index contributed by atoms with van der Waals surface area (Å²) in [6.07, 6.45) is -0.343. The molecule has 0 spiro atoms. The molecule has 5 nitrogen and oxygen atoms in total. The van der Waals surface area contributed by atoms with Gasteiger partial charge in [0.05, 0.1) is 17.3 Å². The van der Waals surface area contributed by atoms with E-state index in [0.29, 0.717) is 30.9 Å². The van der Waals surface area contributed by atoms with Crippen LogP contribution in [0.3, 0.4) is 0 Å². The Morgan fingerprint density at radius 2 is 2.09 bits per heavy atom. The third-order valence-electron chi connectivity index (χ3n) is 3.67. The molecule has 2 rings (SSSR count). The summed E-state index contributed by atoms with van der Waals surface area (Å²) in [7, 11) is 0. The van der Waals surface area contributed by atoms with Gasteiger partial charge in [-0.1, -0.05) is 0 Å². The Labute approximate surface area is 136 Å². The largest absolute Gasteiger partial charge is 0.444 e. The molecule has 6 heteroatoms. The van der Waals surface area contributed by atoms with E-state index >= 15 is 0 Å². The first-order valence-electron chi connectivity index (χ1n) is 7.65. The average molecular weight is 319 g/mol. The zero-order chi connectivity index (χ0) is 17.2. The fourth-order valence-corrected chi connectivity index (χ4v) is 2.60. The molecule has 1 aliphatic heterocycles. The van der Waals surface area contributed by atoms with Crippen molar-refractivity contribution in [2.75, 3.05) is 24.5 Å². The summed E-state index contributed by atoms with van der Waals surface area (Å²) in [5.41, 5.74) is 0.221. The summed E-state index contributed by atoms with van der Waals surface area (Å²) < 4.78 is 19.5. The number of hydrogen-bond acceptors (Lipinski definition) is 4. The maximum atomic E-state index is 14.1. The maximum Gasteiger partial charge on any atom is 0.410 e. The molecule has 1 fully saturated rings. The van der Waals surface area contributed by atoms with Crippen molar-refractivity contribution >= 4 is 11.8 Å². The molecule has 1 aromatic rings. The van der Waals surface area contributed by atoms with Crippen LogP contribution in [0.1, 0.15) is 33.3 Å². The van der Waals surface area contributed by atoms with Crippen LogP contribution in [-0.4, -0.2) is 42.3 Å². The summed E-state index contributed by atoms with van der Waals surface area (Å²) in [5.74, 6) is -0.415. The predicted molar refractivity (Wildman–Crippen MR) is 85.7 cm³/mol. The molecular weight excluding hydrogens is 297 g/mol. The lowest BCUT2D eigenvalue weighted by molar-refractivity contribution is 0.0159. The van der Waals surface area contributed by atoms with Crippen molar-refractivity contribution in [3.05, 3.63) is 29.6 Å². The van der Waals surface area contributed by atoms with Gasteiger partial charge in [0.2, 0.25) is 0 Å². The van der Waals surface area contributed by atoms with E-state index in [4.69, 9.17) is 10.00 Å². The fourth-order valence-electron chi connectivity index (χ4n) is 2.60. The molecule has 0 bridgehead atoms. The van der Waals surface area contributed by atoms with Gasteiger partial charge in [0.15, 0.2) is 0 Å². The highest BCUT2D eigenvalue weighted by Gasteiger charge is 2.31. The lowest BCUT2D eigenvalue weighted by Crippen LogP contribution is -2.55. The molecule has 1 saturated heterocycles. The van der Waals surface area contributed by atoms with E-state index in [1.54, 1.807) is 17.0 Å². The summed E-state index contributed by atoms with van der Waals surface area (Å²) >= 11 is 0. The second-order valence-corrected chi connectivity index (χ2v) is 6.75. The molecule has 1 atom stereocenters. The first kappa shape index (κ1) is 17.1. The Morgan fingerprint density at radius 1 is 1.39 bits per heavy atom. The number of carbonyl (C=O) groups is 1. The number of carbonyl (C=O) groups excluding carboxylic acids is 1. The summed E-state index contributed by atoms with van der Waals surface area (Å²) in [5, 5.41) is 8.81. The molecule has 1 aromatic carbocycles. The van der Waals surface area contributed by atoms with Crippen LogP contribution in [0.5, 0.6) is 0 Å². The van der Waals surface area contributed by atoms with Crippen LogP contribution in [0.2, 0.25) is 0 Å². The number of rotatable bonds is 1. The molecule has 0 radical (unpaired) electrons. The van der Waals surface area contributed by atoms with Crippen LogP contribution in [-0.2, 0) is 4.74 Å². The molecule has 0 saturated carbocycles. The van der Waals surface area contributed by atoms with Gasteiger partial charge in [-0.15, -0.1) is 0 Å². The van der Waals surface area contributed by atoms with Crippen molar-refractivity contribution in [2.45, 2.75) is 39.3 Å². The highest BCUT2D eigenvalue weighted by molar-refractivity contribution is 5.69. The highest BCUT2D eigenvalue weighted by atomic mass is 19.1. The molecule has 23 heavy (non-hydrogen) atoms. The molecule has 124 valence electrons. The lowest BCUT2D eigenvalue weighted by atomic mass is 10.1. The number of amides is 1. The minimum Gasteiger partial charge on any atom is -0.444 e. The van der Waals surface area contributed by atoms with Gasteiger partial charge >= 0.3 is 6.09 Å². The van der Waals surface area contributed by atoms with Crippen LogP contribution >= 0.6 is 0 Å². The number of ether oxygens (including phenoxy) is 1. The molecular formula is C17H22FN3O2. The summed E-state index contributed by atoms with van der Waals surface area (Å²) in [4.78, 5) is 15.8. The van der Waals surface area contributed by atoms with Crippen LogP contribution in [0.4, 0.5) is 14.9 Å². The van der Waals surface area contributed by atoms with Gasteiger partial charge in [0, 0.05) is 25.7 Å². The van der Waals surface area contributed by atoms with E-state index in [-0.39, 0.29) is 12.1 Å². The molecule has 0 aromatic heterocycles. The van der Waals surface area contributed by atoms with Crippen molar-refractivity contribution < 1.29 is 13.9 Å². The minimum atomic E-state index is -0.535. The van der Waals surface area contributed by atoms with Gasteiger partial charge in [-0.25, -0.2) is 9.18 Å². The van der Waals surface area contributed by atoms with Crippen molar-refractivity contribution in [2.24, 2.45) is 0 Å². The number of halogens is 1. The Balaban J connectivity index is 2.07. The Hall–Kier alpha value is -2.29. The molecule has 0 aliphatic carbocycles. The second-order valence-electron chi connectivity index (χ2n) is 6.75. The Morgan fingerprint density at radius 3 is 2.61 bits per heavy atom. The van der Waals surface area contributed by atoms with Gasteiger partial charge < -0.3 is 14.5 Å². The number of hydrogen-bond donors (Lipinski definition) is 0. The zero-order valence-electron chi connectivity index (χ0n) is 14.0. The predicted octanol–water partition coefficient (Wildman–Crippen LogP) is 3.14. The third-order valence-corrected chi connectivity index (χ3v) is 3.67. The first-order valence-corrected chi connectivity index (χ1v) is 7.65. The smallest absolute Gasteiger partial charge is 0.410 e. The topological polar surface area (TPSA) is 56.6 Å². The van der Waals surface area contributed by atoms with Crippen LogP contribution < -0.4 is 4.90 Å². The average Bonchev–Trinajstić information content (AvgIpc) is 2.44. The summed E-state index contributed by atoms with van der Waals surface area (Å²) in [6.45, 7) is 8.91. The standard InChI is InChI=1S/C17H22FN3O2/c1-12-11-20(15-6-5-13(10-19)9-14(15)18)7-8-21(12)16(22)23-17(2,3)4/h5-6,9,12H,7-8,11H2,1-4H3/t12-/m0/s1. The maximum absolute atomic E-state index is 14.1.